The number of carboxylic acid groups (broad SMARTS) is 1. The van der Waals surface area contributed by atoms with E-state index in [0.29, 0.717) is 31.3 Å². The van der Waals surface area contributed by atoms with Gasteiger partial charge in [0.05, 0.1) is 13.2 Å². The van der Waals surface area contributed by atoms with E-state index < -0.39 is 41.5 Å². The van der Waals surface area contributed by atoms with Crippen LogP contribution in [0.25, 0.3) is 0 Å². The van der Waals surface area contributed by atoms with E-state index >= 15 is 0 Å². The lowest BCUT2D eigenvalue weighted by Crippen LogP contribution is -2.51. The number of ether oxygens (including phenoxy) is 2. The molecule has 2 fully saturated rings. The number of methoxy groups -OCH3 is 1. The molecule has 2 aliphatic heterocycles. The summed E-state index contributed by atoms with van der Waals surface area (Å²) in [4.78, 5) is 40.5. The van der Waals surface area contributed by atoms with Crippen LogP contribution in [0.5, 0.6) is 5.88 Å². The molecule has 0 unspecified atom stereocenters. The lowest BCUT2D eigenvalue weighted by atomic mass is 9.72. The highest BCUT2D eigenvalue weighted by molar-refractivity contribution is 5.88. The first-order valence-corrected chi connectivity index (χ1v) is 15.2. The van der Waals surface area contributed by atoms with E-state index in [1.54, 1.807) is 18.2 Å². The lowest BCUT2D eigenvalue weighted by molar-refractivity contribution is -0.159. The fourth-order valence-corrected chi connectivity index (χ4v) is 6.59. The number of aromatic nitrogens is 2. The third-order valence-corrected chi connectivity index (χ3v) is 8.62. The molecule has 236 valence electrons. The SMILES string of the molecule is COc1nc(C(C)(C)C)ccc1CN[C@H]1[C@H](C(C)(C)C)[C@@H](C(=O)O)N(C(=O)[C@H]2CCCCO2)[C@H]1c1cccnc1N(C)C. The number of nitrogens with one attached hydrogen (secondary N) is 1. The zero-order chi connectivity index (χ0) is 31.7. The average Bonchev–Trinajstić information content (AvgIpc) is 3.31. The zero-order valence-electron chi connectivity index (χ0n) is 27.2. The van der Waals surface area contributed by atoms with E-state index in [4.69, 9.17) is 14.5 Å². The van der Waals surface area contributed by atoms with Crippen molar-refractivity contribution in [1.29, 1.82) is 0 Å². The van der Waals surface area contributed by atoms with Crippen molar-refractivity contribution in [1.82, 2.24) is 20.2 Å². The number of carbonyl (C=O) groups is 2. The molecule has 10 nitrogen and oxygen atoms in total. The van der Waals surface area contributed by atoms with Gasteiger partial charge < -0.3 is 29.7 Å². The van der Waals surface area contributed by atoms with Gasteiger partial charge in [0.1, 0.15) is 18.0 Å². The van der Waals surface area contributed by atoms with Crippen LogP contribution in [0.15, 0.2) is 30.5 Å². The molecular weight excluding hydrogens is 546 g/mol. The number of nitrogens with zero attached hydrogens (tertiary/aromatic N) is 4. The predicted molar refractivity (Wildman–Crippen MR) is 166 cm³/mol. The maximum atomic E-state index is 14.4. The Balaban J connectivity index is 1.86. The summed E-state index contributed by atoms with van der Waals surface area (Å²) in [5, 5.41) is 14.5. The molecule has 0 radical (unpaired) electrons. The molecule has 1 amide bonds. The van der Waals surface area contributed by atoms with Crippen molar-refractivity contribution in [3.05, 3.63) is 47.3 Å². The molecule has 2 saturated heterocycles. The Labute approximate surface area is 256 Å². The number of carbonyl (C=O) groups excluding carboxylic acids is 1. The number of carboxylic acids is 1. The molecule has 0 aliphatic carbocycles. The van der Waals surface area contributed by atoms with Gasteiger partial charge in [-0.1, -0.05) is 53.7 Å². The fraction of sp³-hybridized carbons (Fsp3) is 0.636. The summed E-state index contributed by atoms with van der Waals surface area (Å²) in [6.07, 6.45) is 3.37. The van der Waals surface area contributed by atoms with E-state index in [2.05, 4.69) is 31.1 Å². The van der Waals surface area contributed by atoms with Crippen LogP contribution in [0.3, 0.4) is 0 Å². The Bertz CT molecular complexity index is 1300. The summed E-state index contributed by atoms with van der Waals surface area (Å²) in [7, 11) is 5.42. The third kappa shape index (κ3) is 6.80. The van der Waals surface area contributed by atoms with Crippen LogP contribution < -0.4 is 15.0 Å². The van der Waals surface area contributed by atoms with Gasteiger partial charge in [0.25, 0.3) is 5.91 Å². The molecule has 5 atom stereocenters. The second kappa shape index (κ2) is 12.8. The van der Waals surface area contributed by atoms with Crippen LogP contribution in [0.4, 0.5) is 5.82 Å². The second-order valence-corrected chi connectivity index (χ2v) is 14.1. The maximum absolute atomic E-state index is 14.4. The van der Waals surface area contributed by atoms with Gasteiger partial charge in [0.15, 0.2) is 0 Å². The van der Waals surface area contributed by atoms with Gasteiger partial charge in [-0.05, 0) is 36.8 Å². The standard InChI is InChI=1S/C33H49N5O5/c1-32(2,3)23-16-15-20(29(36-23)42-9)19-35-25-24(33(4,5)6)27(31(40)41)38(30(39)22-14-10-11-18-43-22)26(25)21-13-12-17-34-28(21)37(7)8/h12-13,15-17,22,24-27,35H,10-11,14,18-19H2,1-9H3,(H,40,41)/t22-,24+,25+,26+,27+/m1/s1. The first-order valence-electron chi connectivity index (χ1n) is 15.2. The summed E-state index contributed by atoms with van der Waals surface area (Å²) in [6, 6.07) is 5.71. The monoisotopic (exact) mass is 595 g/mol. The molecule has 0 bridgehead atoms. The predicted octanol–water partition coefficient (Wildman–Crippen LogP) is 4.58. The molecule has 2 N–H and O–H groups in total. The number of anilines is 1. The molecule has 2 aromatic rings. The van der Waals surface area contributed by atoms with Crippen LogP contribution in [-0.4, -0.2) is 77.9 Å². The minimum absolute atomic E-state index is 0.146. The van der Waals surface area contributed by atoms with Crippen molar-refractivity contribution in [3.8, 4) is 5.88 Å². The molecule has 0 spiro atoms. The summed E-state index contributed by atoms with van der Waals surface area (Å²) in [6.45, 7) is 13.3. The normalized spacial score (nSPS) is 24.6. The minimum atomic E-state index is -1.07. The van der Waals surface area contributed by atoms with Gasteiger partial charge in [-0.15, -0.1) is 0 Å². The highest BCUT2D eigenvalue weighted by atomic mass is 16.5. The number of hydrogen-bond acceptors (Lipinski definition) is 8. The lowest BCUT2D eigenvalue weighted by Gasteiger charge is -2.36. The van der Waals surface area contributed by atoms with Crippen molar-refractivity contribution in [3.63, 3.8) is 0 Å². The Kier molecular flexibility index (Phi) is 9.71. The van der Waals surface area contributed by atoms with E-state index in [1.807, 2.05) is 64.0 Å². The fourth-order valence-electron chi connectivity index (χ4n) is 6.59. The number of likely N-dealkylation sites (tertiary alicyclic amines) is 1. The van der Waals surface area contributed by atoms with Crippen LogP contribution in [0.1, 0.15) is 83.7 Å². The zero-order valence-corrected chi connectivity index (χ0v) is 27.2. The molecule has 0 aromatic carbocycles. The largest absolute Gasteiger partial charge is 0.481 e. The minimum Gasteiger partial charge on any atom is -0.481 e. The van der Waals surface area contributed by atoms with Crippen molar-refractivity contribution in [2.45, 2.75) is 97.0 Å². The van der Waals surface area contributed by atoms with Crippen LogP contribution in [-0.2, 0) is 26.3 Å². The summed E-state index contributed by atoms with van der Waals surface area (Å²) in [5.74, 6) is -0.532. The van der Waals surface area contributed by atoms with Crippen LogP contribution >= 0.6 is 0 Å². The number of rotatable bonds is 8. The first-order chi connectivity index (χ1) is 20.2. The number of amides is 1. The Hall–Kier alpha value is -3.24. The summed E-state index contributed by atoms with van der Waals surface area (Å²) in [5.41, 5.74) is 1.95. The molecule has 4 heterocycles. The van der Waals surface area contributed by atoms with Crippen LogP contribution in [0, 0.1) is 11.3 Å². The van der Waals surface area contributed by atoms with Gasteiger partial charge in [-0.25, -0.2) is 14.8 Å². The summed E-state index contributed by atoms with van der Waals surface area (Å²) < 4.78 is 11.6. The highest BCUT2D eigenvalue weighted by Crippen LogP contribution is 2.50. The van der Waals surface area contributed by atoms with Gasteiger partial charge in [0.2, 0.25) is 5.88 Å². The highest BCUT2D eigenvalue weighted by Gasteiger charge is 2.59. The van der Waals surface area contributed by atoms with E-state index in [-0.39, 0.29) is 11.3 Å². The first kappa shape index (κ1) is 32.7. The van der Waals surface area contributed by atoms with Crippen molar-refractivity contribution in [2.24, 2.45) is 11.3 Å². The van der Waals surface area contributed by atoms with E-state index in [9.17, 15) is 14.7 Å². The molecule has 2 aliphatic rings. The molecule has 10 heteroatoms. The number of pyridine rings is 2. The van der Waals surface area contributed by atoms with Crippen molar-refractivity contribution >= 4 is 17.7 Å². The molecule has 0 saturated carbocycles. The third-order valence-electron chi connectivity index (χ3n) is 8.62. The average molecular weight is 596 g/mol. The Morgan fingerprint density at radius 2 is 1.86 bits per heavy atom. The summed E-state index contributed by atoms with van der Waals surface area (Å²) >= 11 is 0. The van der Waals surface area contributed by atoms with Crippen molar-refractivity contribution < 1.29 is 24.2 Å². The van der Waals surface area contributed by atoms with Gasteiger partial charge >= 0.3 is 5.97 Å². The molecule has 4 rings (SSSR count). The van der Waals surface area contributed by atoms with Crippen LogP contribution in [0.2, 0.25) is 0 Å². The number of aliphatic carboxylic acids is 1. The van der Waals surface area contributed by atoms with Crippen molar-refractivity contribution in [2.75, 3.05) is 32.7 Å². The van der Waals surface area contributed by atoms with E-state index in [1.165, 1.54) is 0 Å². The topological polar surface area (TPSA) is 117 Å². The second-order valence-electron chi connectivity index (χ2n) is 14.1. The maximum Gasteiger partial charge on any atom is 0.326 e. The smallest absolute Gasteiger partial charge is 0.326 e. The molecular formula is C33H49N5O5. The van der Waals surface area contributed by atoms with Gasteiger partial charge in [-0.2, -0.15) is 0 Å². The Morgan fingerprint density at radius 1 is 1.14 bits per heavy atom. The Morgan fingerprint density at radius 3 is 2.42 bits per heavy atom. The molecule has 43 heavy (non-hydrogen) atoms. The quantitative estimate of drug-likeness (QED) is 0.452. The van der Waals surface area contributed by atoms with Gasteiger partial charge in [-0.3, -0.25) is 4.79 Å². The molecule has 2 aromatic heterocycles. The number of hydrogen-bond donors (Lipinski definition) is 2. The van der Waals surface area contributed by atoms with Gasteiger partial charge in [0, 0.05) is 67.6 Å². The van der Waals surface area contributed by atoms with E-state index in [0.717, 1.165) is 29.7 Å².